The first kappa shape index (κ1) is 8.72. The molecule has 0 aromatic carbocycles. The minimum atomic E-state index is -1.98. The molecule has 0 N–H and O–H groups in total. The largest absolute Gasteiger partial charge is 0.248 e. The molecule has 0 aliphatic heterocycles. The Morgan fingerprint density at radius 2 is 1.89 bits per heavy atom. The Labute approximate surface area is 50.9 Å². The van der Waals surface area contributed by atoms with Crippen LogP contribution in [0, 0.1) is 6.67 Å². The van der Waals surface area contributed by atoms with Crippen LogP contribution in [0.5, 0.6) is 0 Å². The SMILES string of the molecule is F[CH]C(F)CC(F)CF. The molecule has 0 heterocycles. The van der Waals surface area contributed by atoms with Gasteiger partial charge >= 0.3 is 0 Å². The highest BCUT2D eigenvalue weighted by molar-refractivity contribution is 4.69. The summed E-state index contributed by atoms with van der Waals surface area (Å²) in [5.41, 5.74) is 0. The molecule has 0 aliphatic carbocycles. The van der Waals surface area contributed by atoms with Gasteiger partial charge in [-0.3, -0.25) is 0 Å². The molecule has 0 aliphatic rings. The summed E-state index contributed by atoms with van der Waals surface area (Å²) < 4.78 is 45.8. The molecule has 0 aromatic heterocycles. The molecule has 55 valence electrons. The Morgan fingerprint density at radius 1 is 1.33 bits per heavy atom. The van der Waals surface area contributed by atoms with E-state index in [1.54, 1.807) is 0 Å². The Bertz CT molecular complexity index is 58.0. The third-order valence-corrected chi connectivity index (χ3v) is 0.785. The van der Waals surface area contributed by atoms with Crippen LogP contribution < -0.4 is 0 Å². The first-order valence-corrected chi connectivity index (χ1v) is 2.48. The number of hydrogen-bond donors (Lipinski definition) is 0. The first-order chi connectivity index (χ1) is 4.20. The van der Waals surface area contributed by atoms with E-state index in [4.69, 9.17) is 0 Å². The van der Waals surface area contributed by atoms with Crippen LogP contribution in [0.15, 0.2) is 0 Å². The molecule has 0 saturated carbocycles. The maximum atomic E-state index is 11.8. The third-order valence-electron chi connectivity index (χ3n) is 0.785. The van der Waals surface area contributed by atoms with E-state index >= 15 is 0 Å². The smallest absolute Gasteiger partial charge is 0.165 e. The van der Waals surface area contributed by atoms with E-state index in [1.807, 2.05) is 0 Å². The normalized spacial score (nSPS) is 17.3. The Kier molecular flexibility index (Phi) is 4.44. The molecule has 9 heavy (non-hydrogen) atoms. The summed E-state index contributed by atoms with van der Waals surface area (Å²) in [4.78, 5) is 0. The zero-order valence-electron chi connectivity index (χ0n) is 4.66. The van der Waals surface area contributed by atoms with Crippen molar-refractivity contribution in [2.75, 3.05) is 6.67 Å². The van der Waals surface area contributed by atoms with E-state index in [0.29, 0.717) is 0 Å². The molecule has 0 fully saturated rings. The predicted molar refractivity (Wildman–Crippen MR) is 25.8 cm³/mol. The molecule has 0 nitrogen and oxygen atoms in total. The second-order valence-corrected chi connectivity index (χ2v) is 1.63. The van der Waals surface area contributed by atoms with Crippen LogP contribution in [0.4, 0.5) is 17.6 Å². The van der Waals surface area contributed by atoms with Gasteiger partial charge in [-0.1, -0.05) is 0 Å². The molecular weight excluding hydrogens is 136 g/mol. The molecule has 1 radical (unpaired) electrons. The number of alkyl halides is 3. The lowest BCUT2D eigenvalue weighted by Crippen LogP contribution is -2.10. The monoisotopic (exact) mass is 143 g/mol. The molecule has 2 unspecified atom stereocenters. The molecule has 0 saturated heterocycles. The number of hydrogen-bond acceptors (Lipinski definition) is 0. The molecule has 0 aromatic rings. The van der Waals surface area contributed by atoms with Gasteiger partial charge in [0.05, 0.1) is 0 Å². The molecule has 2 atom stereocenters. The van der Waals surface area contributed by atoms with Crippen molar-refractivity contribution in [3.8, 4) is 0 Å². The fourth-order valence-corrected chi connectivity index (χ4v) is 0.359. The summed E-state index contributed by atoms with van der Waals surface area (Å²) in [6, 6.07) is 0. The van der Waals surface area contributed by atoms with Gasteiger partial charge < -0.3 is 0 Å². The summed E-state index contributed by atoms with van der Waals surface area (Å²) in [5.74, 6) is 0. The zero-order chi connectivity index (χ0) is 7.28. The maximum Gasteiger partial charge on any atom is 0.165 e. The molecular formula is C5H7F4. The van der Waals surface area contributed by atoms with Crippen molar-refractivity contribution in [3.63, 3.8) is 0 Å². The highest BCUT2D eigenvalue weighted by Gasteiger charge is 2.14. The van der Waals surface area contributed by atoms with Crippen molar-refractivity contribution in [2.24, 2.45) is 0 Å². The molecule has 4 heteroatoms. The van der Waals surface area contributed by atoms with E-state index in [9.17, 15) is 17.6 Å². The van der Waals surface area contributed by atoms with Gasteiger partial charge in [-0.05, 0) is 0 Å². The summed E-state index contributed by atoms with van der Waals surface area (Å²) in [6.45, 7) is -1.55. The van der Waals surface area contributed by atoms with E-state index < -0.39 is 25.4 Å². The number of halogens is 4. The van der Waals surface area contributed by atoms with Crippen LogP contribution >= 0.6 is 0 Å². The Morgan fingerprint density at radius 3 is 2.22 bits per heavy atom. The van der Waals surface area contributed by atoms with Crippen molar-refractivity contribution in [1.82, 2.24) is 0 Å². The lowest BCUT2D eigenvalue weighted by atomic mass is 10.2. The van der Waals surface area contributed by atoms with Crippen LogP contribution in [0.3, 0.4) is 0 Å². The van der Waals surface area contributed by atoms with Crippen LogP contribution in [0.1, 0.15) is 6.42 Å². The van der Waals surface area contributed by atoms with E-state index in [1.165, 1.54) is 0 Å². The number of rotatable bonds is 4. The third kappa shape index (κ3) is 4.24. The van der Waals surface area contributed by atoms with Gasteiger partial charge in [0.25, 0.3) is 0 Å². The van der Waals surface area contributed by atoms with Crippen molar-refractivity contribution < 1.29 is 17.6 Å². The Balaban J connectivity index is 3.22. The first-order valence-electron chi connectivity index (χ1n) is 2.48. The van der Waals surface area contributed by atoms with E-state index in [-0.39, 0.29) is 6.67 Å². The molecule has 0 bridgehead atoms. The van der Waals surface area contributed by atoms with E-state index in [2.05, 4.69) is 0 Å². The molecule has 0 amide bonds. The maximum absolute atomic E-state index is 11.8. The molecule has 0 rings (SSSR count). The van der Waals surface area contributed by atoms with Crippen LogP contribution in [-0.4, -0.2) is 19.0 Å². The molecule has 0 spiro atoms. The van der Waals surface area contributed by atoms with Crippen molar-refractivity contribution in [1.29, 1.82) is 0 Å². The lowest BCUT2D eigenvalue weighted by molar-refractivity contribution is 0.186. The topological polar surface area (TPSA) is 0 Å². The van der Waals surface area contributed by atoms with Gasteiger partial charge in [0.1, 0.15) is 19.0 Å². The highest BCUT2D eigenvalue weighted by Crippen LogP contribution is 2.09. The predicted octanol–water partition coefficient (Wildman–Crippen LogP) is 2.15. The highest BCUT2D eigenvalue weighted by atomic mass is 19.2. The van der Waals surface area contributed by atoms with Crippen LogP contribution in [-0.2, 0) is 0 Å². The van der Waals surface area contributed by atoms with Crippen LogP contribution in [0.2, 0.25) is 0 Å². The van der Waals surface area contributed by atoms with Crippen LogP contribution in [0.25, 0.3) is 0 Å². The minimum absolute atomic E-state index is 0.289. The summed E-state index contributed by atoms with van der Waals surface area (Å²) in [5, 5.41) is 0. The second kappa shape index (κ2) is 4.58. The summed E-state index contributed by atoms with van der Waals surface area (Å²) in [7, 11) is 0. The second-order valence-electron chi connectivity index (χ2n) is 1.63. The quantitative estimate of drug-likeness (QED) is 0.529. The lowest BCUT2D eigenvalue weighted by Gasteiger charge is -2.03. The van der Waals surface area contributed by atoms with Crippen molar-refractivity contribution in [3.05, 3.63) is 6.67 Å². The van der Waals surface area contributed by atoms with Gasteiger partial charge in [0.15, 0.2) is 6.67 Å². The zero-order valence-corrected chi connectivity index (χ0v) is 4.66. The average Bonchev–Trinajstić information content (AvgIpc) is 1.87. The van der Waals surface area contributed by atoms with Gasteiger partial charge in [-0.25, -0.2) is 17.6 Å². The average molecular weight is 143 g/mol. The summed E-state index contributed by atoms with van der Waals surface area (Å²) in [6.07, 6.45) is -4.59. The minimum Gasteiger partial charge on any atom is -0.248 e. The van der Waals surface area contributed by atoms with Gasteiger partial charge in [-0.2, -0.15) is 0 Å². The van der Waals surface area contributed by atoms with Crippen molar-refractivity contribution >= 4 is 0 Å². The van der Waals surface area contributed by atoms with Gasteiger partial charge in [0.2, 0.25) is 0 Å². The van der Waals surface area contributed by atoms with E-state index in [0.717, 1.165) is 0 Å². The standard InChI is InChI=1S/C5H7F4/c6-2-4(8)1-5(9)3-7/h2,4-5H,1,3H2. The fourth-order valence-electron chi connectivity index (χ4n) is 0.359. The fraction of sp³-hybridized carbons (Fsp3) is 0.800. The van der Waals surface area contributed by atoms with Crippen molar-refractivity contribution in [2.45, 2.75) is 18.8 Å². The Hall–Kier alpha value is -0.280. The van der Waals surface area contributed by atoms with Gasteiger partial charge in [-0.15, -0.1) is 0 Å². The van der Waals surface area contributed by atoms with Gasteiger partial charge in [0, 0.05) is 6.42 Å². The summed E-state index contributed by atoms with van der Waals surface area (Å²) >= 11 is 0.